The molecule has 1 aliphatic carbocycles. The van der Waals surface area contributed by atoms with E-state index >= 15 is 0 Å². The summed E-state index contributed by atoms with van der Waals surface area (Å²) in [5, 5.41) is 4.35. The van der Waals surface area contributed by atoms with Gasteiger partial charge in [0.05, 0.1) is 6.04 Å². The highest BCUT2D eigenvalue weighted by Crippen LogP contribution is 2.36. The second-order valence-electron chi connectivity index (χ2n) is 8.39. The molecule has 1 unspecified atom stereocenters. The predicted molar refractivity (Wildman–Crippen MR) is 116 cm³/mol. The number of carbonyl (C=O) groups is 1. The summed E-state index contributed by atoms with van der Waals surface area (Å²) in [6, 6.07) is 11.9. The lowest BCUT2D eigenvalue weighted by atomic mass is 9.86. The van der Waals surface area contributed by atoms with Crippen molar-refractivity contribution in [3.8, 4) is 11.1 Å². The number of alkyl carbamates (subject to hydrolysis) is 1. The van der Waals surface area contributed by atoms with E-state index in [1.807, 2.05) is 12.1 Å². The molecule has 1 N–H and O–H groups in total. The minimum Gasteiger partial charge on any atom is -0.445 e. The van der Waals surface area contributed by atoms with Gasteiger partial charge in [0.1, 0.15) is 6.10 Å². The van der Waals surface area contributed by atoms with Gasteiger partial charge in [-0.3, -0.25) is 4.90 Å². The van der Waals surface area contributed by atoms with Crippen molar-refractivity contribution in [2.24, 2.45) is 5.92 Å². The number of hydrogen-bond acceptors (Lipinski definition) is 3. The number of fused-ring (bicyclic) bond motifs is 4. The Morgan fingerprint density at radius 3 is 2.45 bits per heavy atom. The van der Waals surface area contributed by atoms with E-state index in [1.54, 1.807) is 6.07 Å². The summed E-state index contributed by atoms with van der Waals surface area (Å²) in [4.78, 5) is 14.9. The zero-order valence-electron chi connectivity index (χ0n) is 16.2. The zero-order valence-corrected chi connectivity index (χ0v) is 17.7. The van der Waals surface area contributed by atoms with Crippen LogP contribution in [0.3, 0.4) is 0 Å². The number of rotatable bonds is 3. The molecule has 6 rings (SSSR count). The number of nitrogens with one attached hydrogen (secondary N) is 1. The fraction of sp³-hybridized carbons (Fsp3) is 0.435. The lowest BCUT2D eigenvalue weighted by Crippen LogP contribution is -2.52. The molecule has 3 heterocycles. The van der Waals surface area contributed by atoms with Crippen molar-refractivity contribution in [2.45, 2.75) is 37.8 Å². The van der Waals surface area contributed by atoms with Crippen molar-refractivity contribution < 1.29 is 9.53 Å². The van der Waals surface area contributed by atoms with E-state index < -0.39 is 0 Å². The first-order chi connectivity index (χ1) is 14.0. The van der Waals surface area contributed by atoms with Crippen LogP contribution in [0.25, 0.3) is 11.1 Å². The summed E-state index contributed by atoms with van der Waals surface area (Å²) in [5.41, 5.74) is 4.52. The molecule has 4 nitrogen and oxygen atoms in total. The fourth-order valence-corrected chi connectivity index (χ4v) is 5.55. The molecule has 2 bridgehead atoms. The Kier molecular flexibility index (Phi) is 5.19. The van der Waals surface area contributed by atoms with Gasteiger partial charge in [-0.25, -0.2) is 4.79 Å². The highest BCUT2D eigenvalue weighted by Gasteiger charge is 2.37. The lowest BCUT2D eigenvalue weighted by Gasteiger charge is -2.43. The number of carbonyl (C=O) groups excluding carboxylic acids is 1. The maximum Gasteiger partial charge on any atom is 0.407 e. The van der Waals surface area contributed by atoms with Crippen LogP contribution in [-0.2, 0) is 11.2 Å². The number of ether oxygens (including phenoxy) is 1. The average Bonchev–Trinajstić information content (AvgIpc) is 3.10. The van der Waals surface area contributed by atoms with Crippen molar-refractivity contribution in [1.82, 2.24) is 10.2 Å². The molecule has 2 atom stereocenters. The molecule has 6 heteroatoms. The monoisotopic (exact) mass is 430 g/mol. The van der Waals surface area contributed by atoms with Gasteiger partial charge in [-0.2, -0.15) is 0 Å². The Morgan fingerprint density at radius 2 is 1.76 bits per heavy atom. The number of halogens is 2. The molecule has 1 amide bonds. The minimum absolute atomic E-state index is 0.00980. The predicted octanol–water partition coefficient (Wildman–Crippen LogP) is 5.47. The van der Waals surface area contributed by atoms with Gasteiger partial charge in [0.2, 0.25) is 0 Å². The molecule has 3 saturated heterocycles. The molecule has 29 heavy (non-hydrogen) atoms. The number of hydrogen-bond donors (Lipinski definition) is 1. The summed E-state index contributed by atoms with van der Waals surface area (Å²) < 4.78 is 5.80. The topological polar surface area (TPSA) is 41.6 Å². The molecular weight excluding hydrogens is 407 g/mol. The van der Waals surface area contributed by atoms with Crippen molar-refractivity contribution in [3.05, 3.63) is 57.6 Å². The molecule has 2 aromatic rings. The zero-order chi connectivity index (χ0) is 20.0. The standard InChI is InChI=1S/C23H24Cl2N2O2/c24-18-10-17(11-19(25)12-18)15-1-3-20-16(9-15)2-4-21(20)26-23(28)29-22-13-27-7-5-14(22)6-8-27/h1,3,9-12,14,21-22H,2,4-8,13H2,(H,26,28)/t21?,22-/m1/s1. The molecule has 0 aromatic heterocycles. The molecule has 4 aliphatic rings. The molecule has 3 aliphatic heterocycles. The van der Waals surface area contributed by atoms with Crippen LogP contribution in [0.5, 0.6) is 0 Å². The maximum absolute atomic E-state index is 12.5. The van der Waals surface area contributed by atoms with E-state index in [-0.39, 0.29) is 18.2 Å². The first-order valence-electron chi connectivity index (χ1n) is 10.3. The third kappa shape index (κ3) is 3.98. The average molecular weight is 431 g/mol. The molecule has 0 spiro atoms. The second-order valence-corrected chi connectivity index (χ2v) is 9.26. The fourth-order valence-electron chi connectivity index (χ4n) is 5.03. The number of benzene rings is 2. The Hall–Kier alpha value is -1.75. The van der Waals surface area contributed by atoms with Crippen molar-refractivity contribution in [3.63, 3.8) is 0 Å². The largest absolute Gasteiger partial charge is 0.445 e. The van der Waals surface area contributed by atoms with E-state index in [0.717, 1.165) is 56.4 Å². The quantitative estimate of drug-likeness (QED) is 0.701. The number of amides is 1. The lowest BCUT2D eigenvalue weighted by molar-refractivity contribution is -0.0339. The molecule has 152 valence electrons. The van der Waals surface area contributed by atoms with E-state index in [0.29, 0.717) is 16.0 Å². The van der Waals surface area contributed by atoms with Crippen LogP contribution in [0.1, 0.15) is 36.4 Å². The van der Waals surface area contributed by atoms with E-state index in [2.05, 4.69) is 28.4 Å². The Bertz CT molecular complexity index is 920. The number of nitrogens with zero attached hydrogens (tertiary/aromatic N) is 1. The molecule has 0 saturated carbocycles. The van der Waals surface area contributed by atoms with Crippen LogP contribution >= 0.6 is 23.2 Å². The van der Waals surface area contributed by atoms with Gasteiger partial charge >= 0.3 is 6.09 Å². The van der Waals surface area contributed by atoms with Crippen LogP contribution in [0, 0.1) is 5.92 Å². The minimum atomic E-state index is -0.285. The molecule has 0 radical (unpaired) electrons. The van der Waals surface area contributed by atoms with Gasteiger partial charge in [-0.05, 0) is 85.1 Å². The first kappa shape index (κ1) is 19.2. The molecule has 3 fully saturated rings. The Balaban J connectivity index is 1.27. The summed E-state index contributed by atoms with van der Waals surface area (Å²) in [6.07, 6.45) is 3.86. The normalized spacial score (nSPS) is 27.5. The van der Waals surface area contributed by atoms with Gasteiger partial charge < -0.3 is 10.1 Å². The van der Waals surface area contributed by atoms with E-state index in [9.17, 15) is 4.79 Å². The third-order valence-corrected chi connectivity index (χ3v) is 7.00. The van der Waals surface area contributed by atoms with Crippen LogP contribution < -0.4 is 5.32 Å². The maximum atomic E-state index is 12.5. The highest BCUT2D eigenvalue weighted by molar-refractivity contribution is 6.35. The van der Waals surface area contributed by atoms with Crippen LogP contribution in [0.15, 0.2) is 36.4 Å². The summed E-state index contributed by atoms with van der Waals surface area (Å²) >= 11 is 12.3. The van der Waals surface area contributed by atoms with Gasteiger partial charge in [-0.1, -0.05) is 41.4 Å². The van der Waals surface area contributed by atoms with E-state index in [4.69, 9.17) is 27.9 Å². The molecule has 2 aromatic carbocycles. The van der Waals surface area contributed by atoms with Gasteiger partial charge in [0.25, 0.3) is 0 Å². The number of piperidine rings is 3. The summed E-state index contributed by atoms with van der Waals surface area (Å²) in [7, 11) is 0. The Morgan fingerprint density at radius 1 is 1.00 bits per heavy atom. The highest BCUT2D eigenvalue weighted by atomic mass is 35.5. The van der Waals surface area contributed by atoms with Gasteiger partial charge in [-0.15, -0.1) is 0 Å². The Labute approximate surface area is 181 Å². The smallest absolute Gasteiger partial charge is 0.407 e. The summed E-state index contributed by atoms with van der Waals surface area (Å²) in [6.45, 7) is 3.16. The van der Waals surface area contributed by atoms with Gasteiger partial charge in [0, 0.05) is 16.6 Å². The van der Waals surface area contributed by atoms with Crippen LogP contribution in [-0.4, -0.2) is 36.7 Å². The first-order valence-corrected chi connectivity index (χ1v) is 11.1. The van der Waals surface area contributed by atoms with E-state index in [1.165, 1.54) is 11.1 Å². The number of aryl methyl sites for hydroxylation is 1. The van der Waals surface area contributed by atoms with Gasteiger partial charge in [0.15, 0.2) is 0 Å². The van der Waals surface area contributed by atoms with Crippen molar-refractivity contribution in [2.75, 3.05) is 19.6 Å². The summed E-state index contributed by atoms with van der Waals surface area (Å²) in [5.74, 6) is 0.522. The van der Waals surface area contributed by atoms with Crippen LogP contribution in [0.2, 0.25) is 10.0 Å². The molecular formula is C23H24Cl2N2O2. The van der Waals surface area contributed by atoms with Crippen molar-refractivity contribution in [1.29, 1.82) is 0 Å². The third-order valence-electron chi connectivity index (χ3n) is 6.56. The second kappa shape index (κ2) is 7.82. The van der Waals surface area contributed by atoms with Crippen molar-refractivity contribution >= 4 is 29.3 Å². The SMILES string of the molecule is O=C(NC1CCc2cc(-c3cc(Cl)cc(Cl)c3)ccc21)O[C@@H]1CN2CCC1CC2. The van der Waals surface area contributed by atoms with Crippen LogP contribution in [0.4, 0.5) is 4.79 Å².